The summed E-state index contributed by atoms with van der Waals surface area (Å²) in [5.74, 6) is -0.342. The summed E-state index contributed by atoms with van der Waals surface area (Å²) in [7, 11) is 1.77. The van der Waals surface area contributed by atoms with Crippen molar-refractivity contribution in [1.82, 2.24) is 15.2 Å². The smallest absolute Gasteiger partial charge is 0.270 e. The van der Waals surface area contributed by atoms with E-state index in [1.54, 1.807) is 24.1 Å². The van der Waals surface area contributed by atoms with Crippen LogP contribution in [0.3, 0.4) is 0 Å². The van der Waals surface area contributed by atoms with Crippen molar-refractivity contribution in [2.24, 2.45) is 0 Å². The highest BCUT2D eigenvalue weighted by molar-refractivity contribution is 5.98. The molecular weight excluding hydrogens is 254 g/mol. The Morgan fingerprint density at radius 1 is 1.40 bits per heavy atom. The van der Waals surface area contributed by atoms with Gasteiger partial charge in [0.1, 0.15) is 5.69 Å². The van der Waals surface area contributed by atoms with E-state index in [1.165, 1.54) is 6.20 Å². The minimum atomic E-state index is -0.258. The number of hydrogen-bond acceptors (Lipinski definition) is 3. The molecule has 20 heavy (non-hydrogen) atoms. The first-order chi connectivity index (χ1) is 9.45. The second kappa shape index (κ2) is 7.62. The van der Waals surface area contributed by atoms with Crippen molar-refractivity contribution in [1.29, 1.82) is 0 Å². The quantitative estimate of drug-likeness (QED) is 0.866. The lowest BCUT2D eigenvalue weighted by molar-refractivity contribution is 0.0793. The maximum Gasteiger partial charge on any atom is 0.270 e. The number of unbranched alkanes of at least 4 members (excludes halogenated alkanes) is 1. The zero-order valence-corrected chi connectivity index (χ0v) is 12.6. The number of nitrogens with zero attached hydrogens (tertiary/aromatic N) is 2. The Labute approximate surface area is 120 Å². The van der Waals surface area contributed by atoms with E-state index in [0.717, 1.165) is 12.8 Å². The highest BCUT2D eigenvalue weighted by atomic mass is 16.2. The molecule has 1 N–H and O–H groups in total. The van der Waals surface area contributed by atoms with E-state index in [4.69, 9.17) is 0 Å². The second-order valence-corrected chi connectivity index (χ2v) is 5.14. The highest BCUT2D eigenvalue weighted by Crippen LogP contribution is 2.06. The predicted molar refractivity (Wildman–Crippen MR) is 78.7 cm³/mol. The number of pyridine rings is 1. The van der Waals surface area contributed by atoms with Gasteiger partial charge in [-0.2, -0.15) is 0 Å². The molecule has 1 heterocycles. The Hall–Kier alpha value is -1.91. The predicted octanol–water partition coefficient (Wildman–Crippen LogP) is 2.09. The molecule has 0 aliphatic rings. The zero-order valence-electron chi connectivity index (χ0n) is 12.6. The molecule has 0 saturated carbocycles. The van der Waals surface area contributed by atoms with Crippen molar-refractivity contribution in [3.63, 3.8) is 0 Å². The number of amides is 2. The molecule has 2 amide bonds. The van der Waals surface area contributed by atoms with Gasteiger partial charge in [0.15, 0.2) is 0 Å². The third kappa shape index (κ3) is 4.64. The van der Waals surface area contributed by atoms with Gasteiger partial charge < -0.3 is 10.2 Å². The lowest BCUT2D eigenvalue weighted by atomic mass is 10.2. The summed E-state index contributed by atoms with van der Waals surface area (Å²) in [5.41, 5.74) is 0.765. The Kier molecular flexibility index (Phi) is 6.15. The Morgan fingerprint density at radius 3 is 2.70 bits per heavy atom. The van der Waals surface area contributed by atoms with Gasteiger partial charge in [0.05, 0.1) is 0 Å². The number of carbonyl (C=O) groups excluding carboxylic acids is 2. The van der Waals surface area contributed by atoms with Crippen molar-refractivity contribution in [3.8, 4) is 0 Å². The topological polar surface area (TPSA) is 62.3 Å². The molecule has 1 rings (SSSR count). The van der Waals surface area contributed by atoms with E-state index >= 15 is 0 Å². The van der Waals surface area contributed by atoms with Crippen LogP contribution in [0.2, 0.25) is 0 Å². The molecular formula is C15H23N3O2. The van der Waals surface area contributed by atoms with Crippen LogP contribution in [0.4, 0.5) is 0 Å². The van der Waals surface area contributed by atoms with Crippen LogP contribution in [0.15, 0.2) is 18.3 Å². The van der Waals surface area contributed by atoms with Gasteiger partial charge in [-0.1, -0.05) is 13.3 Å². The van der Waals surface area contributed by atoms with Crippen LogP contribution in [0.1, 0.15) is 54.5 Å². The maximum absolute atomic E-state index is 12.2. The van der Waals surface area contributed by atoms with Crippen molar-refractivity contribution in [3.05, 3.63) is 29.6 Å². The number of rotatable bonds is 6. The van der Waals surface area contributed by atoms with E-state index in [2.05, 4.69) is 17.2 Å². The molecule has 0 aliphatic heterocycles. The van der Waals surface area contributed by atoms with Crippen LogP contribution >= 0.6 is 0 Å². The fourth-order valence-corrected chi connectivity index (χ4v) is 1.74. The van der Waals surface area contributed by atoms with Crippen LogP contribution in [0.5, 0.6) is 0 Å². The first-order valence-corrected chi connectivity index (χ1v) is 6.98. The van der Waals surface area contributed by atoms with Gasteiger partial charge in [0.25, 0.3) is 11.8 Å². The van der Waals surface area contributed by atoms with E-state index in [9.17, 15) is 9.59 Å². The fraction of sp³-hybridized carbons (Fsp3) is 0.533. The highest BCUT2D eigenvalue weighted by Gasteiger charge is 2.15. The summed E-state index contributed by atoms with van der Waals surface area (Å²) in [6, 6.07) is 3.22. The molecule has 0 atom stereocenters. The summed E-state index contributed by atoms with van der Waals surface area (Å²) in [5, 5.41) is 2.76. The Bertz CT molecular complexity index is 472. The number of nitrogens with one attached hydrogen (secondary N) is 1. The lowest BCUT2D eigenvalue weighted by Gasteiger charge is -2.17. The van der Waals surface area contributed by atoms with E-state index < -0.39 is 0 Å². The second-order valence-electron chi connectivity index (χ2n) is 5.14. The molecule has 0 spiro atoms. The molecule has 0 bridgehead atoms. The monoisotopic (exact) mass is 277 g/mol. The Morgan fingerprint density at radius 2 is 2.10 bits per heavy atom. The first-order valence-electron chi connectivity index (χ1n) is 6.98. The zero-order chi connectivity index (χ0) is 15.1. The van der Waals surface area contributed by atoms with Crippen LogP contribution in [0.25, 0.3) is 0 Å². The molecule has 0 saturated heterocycles. The molecule has 5 heteroatoms. The molecule has 1 aromatic heterocycles. The van der Waals surface area contributed by atoms with Gasteiger partial charge in [-0.3, -0.25) is 14.6 Å². The van der Waals surface area contributed by atoms with Crippen LogP contribution in [-0.2, 0) is 0 Å². The van der Waals surface area contributed by atoms with Crippen molar-refractivity contribution < 1.29 is 9.59 Å². The van der Waals surface area contributed by atoms with Gasteiger partial charge in [0.2, 0.25) is 0 Å². The van der Waals surface area contributed by atoms with Crippen LogP contribution in [-0.4, -0.2) is 41.3 Å². The molecule has 0 unspecified atom stereocenters. The summed E-state index contributed by atoms with van der Waals surface area (Å²) >= 11 is 0. The molecule has 0 radical (unpaired) electrons. The summed E-state index contributed by atoms with van der Waals surface area (Å²) in [4.78, 5) is 29.8. The minimum Gasteiger partial charge on any atom is -0.349 e. The van der Waals surface area contributed by atoms with Gasteiger partial charge in [-0.25, -0.2) is 0 Å². The standard InChI is InChI=1S/C15H23N3O2/c1-5-6-9-18(4)15(20)12-7-8-16-13(10-12)14(19)17-11(2)3/h7-8,10-11H,5-6,9H2,1-4H3,(H,17,19). The Balaban J connectivity index is 2.82. The third-order valence-electron chi connectivity index (χ3n) is 2.85. The van der Waals surface area contributed by atoms with Gasteiger partial charge >= 0.3 is 0 Å². The molecule has 0 aliphatic carbocycles. The maximum atomic E-state index is 12.2. The van der Waals surface area contributed by atoms with Crippen LogP contribution in [0, 0.1) is 0 Å². The molecule has 110 valence electrons. The summed E-state index contributed by atoms with van der Waals surface area (Å²) in [6.07, 6.45) is 3.50. The molecule has 5 nitrogen and oxygen atoms in total. The number of hydrogen-bond donors (Lipinski definition) is 1. The number of aromatic nitrogens is 1. The van der Waals surface area contributed by atoms with E-state index in [0.29, 0.717) is 12.1 Å². The lowest BCUT2D eigenvalue weighted by Crippen LogP contribution is -2.31. The fourth-order valence-electron chi connectivity index (χ4n) is 1.74. The van der Waals surface area contributed by atoms with E-state index in [-0.39, 0.29) is 23.6 Å². The molecule has 0 aromatic carbocycles. The normalized spacial score (nSPS) is 10.4. The van der Waals surface area contributed by atoms with Gasteiger partial charge in [-0.15, -0.1) is 0 Å². The SMILES string of the molecule is CCCCN(C)C(=O)c1ccnc(C(=O)NC(C)C)c1. The summed E-state index contributed by atoms with van der Waals surface area (Å²) < 4.78 is 0. The largest absolute Gasteiger partial charge is 0.349 e. The minimum absolute atomic E-state index is 0.0379. The summed E-state index contributed by atoms with van der Waals surface area (Å²) in [6.45, 7) is 6.56. The van der Waals surface area contributed by atoms with Crippen molar-refractivity contribution >= 4 is 11.8 Å². The van der Waals surface area contributed by atoms with Gasteiger partial charge in [0, 0.05) is 31.4 Å². The van der Waals surface area contributed by atoms with E-state index in [1.807, 2.05) is 13.8 Å². The third-order valence-corrected chi connectivity index (χ3v) is 2.85. The first kappa shape index (κ1) is 16.1. The average Bonchev–Trinajstić information content (AvgIpc) is 2.43. The van der Waals surface area contributed by atoms with Crippen molar-refractivity contribution in [2.45, 2.75) is 39.7 Å². The number of carbonyl (C=O) groups is 2. The van der Waals surface area contributed by atoms with Crippen molar-refractivity contribution in [2.75, 3.05) is 13.6 Å². The average molecular weight is 277 g/mol. The van der Waals surface area contributed by atoms with Gasteiger partial charge in [-0.05, 0) is 32.4 Å². The van der Waals surface area contributed by atoms with Crippen LogP contribution < -0.4 is 5.32 Å². The molecule has 0 fully saturated rings. The molecule has 1 aromatic rings.